The third kappa shape index (κ3) is 1.69. The minimum atomic E-state index is -0.432. The van der Waals surface area contributed by atoms with Gasteiger partial charge in [0.15, 0.2) is 0 Å². The number of hydrogen-bond acceptors (Lipinski definition) is 4. The average molecular weight is 206 g/mol. The zero-order chi connectivity index (χ0) is 10.8. The zero-order valence-corrected chi connectivity index (χ0v) is 7.96. The largest absolute Gasteiger partial charge is 0.288 e. The summed E-state index contributed by atoms with van der Waals surface area (Å²) < 4.78 is 0. The van der Waals surface area contributed by atoms with Crippen LogP contribution in [0.2, 0.25) is 0 Å². The van der Waals surface area contributed by atoms with Gasteiger partial charge >= 0.3 is 0 Å². The van der Waals surface area contributed by atoms with Crippen molar-refractivity contribution >= 4 is 5.70 Å². The van der Waals surface area contributed by atoms with E-state index < -0.39 is 4.92 Å². The van der Waals surface area contributed by atoms with Crippen LogP contribution in [0.5, 0.6) is 0 Å². The number of hydrogen-bond donors (Lipinski definition) is 1. The molecule has 0 bridgehead atoms. The van der Waals surface area contributed by atoms with Crippen LogP contribution in [0.4, 0.5) is 0 Å². The fourth-order valence-electron chi connectivity index (χ4n) is 1.68. The van der Waals surface area contributed by atoms with E-state index in [1.807, 2.05) is 6.07 Å². The summed E-state index contributed by atoms with van der Waals surface area (Å²) in [4.78, 5) is 10.3. The highest BCUT2D eigenvalue weighted by atomic mass is 16.6. The summed E-state index contributed by atoms with van der Waals surface area (Å²) >= 11 is 0. The molecule has 0 atom stereocenters. The van der Waals surface area contributed by atoms with Crippen molar-refractivity contribution in [3.63, 3.8) is 0 Å². The first-order valence-corrected chi connectivity index (χ1v) is 4.59. The van der Waals surface area contributed by atoms with Crippen LogP contribution in [0.3, 0.4) is 0 Å². The Bertz CT molecular complexity index is 414. The maximum atomic E-state index is 10.7. The first-order chi connectivity index (χ1) is 7.20. The Balaban J connectivity index is 2.49. The number of benzene rings is 1. The van der Waals surface area contributed by atoms with Crippen molar-refractivity contribution in [1.29, 1.82) is 0 Å². The maximum Gasteiger partial charge on any atom is 0.274 e. The molecule has 2 rings (SSSR count). The third-order valence-corrected chi connectivity index (χ3v) is 2.36. The molecule has 5 heteroatoms. The molecule has 0 radical (unpaired) electrons. The summed E-state index contributed by atoms with van der Waals surface area (Å²) in [6.07, 6.45) is 0.272. The van der Waals surface area contributed by atoms with Crippen LogP contribution in [0.25, 0.3) is 5.70 Å². The van der Waals surface area contributed by atoms with E-state index in [1.54, 1.807) is 24.3 Å². The summed E-state index contributed by atoms with van der Waals surface area (Å²) in [7, 11) is 0. The van der Waals surface area contributed by atoms with Crippen LogP contribution in [-0.4, -0.2) is 21.7 Å². The van der Waals surface area contributed by atoms with E-state index in [1.165, 1.54) is 0 Å². The Hall–Kier alpha value is -1.88. The van der Waals surface area contributed by atoms with Gasteiger partial charge < -0.3 is 0 Å². The Morgan fingerprint density at radius 2 is 2.00 bits per heavy atom. The molecule has 0 aliphatic carbocycles. The molecule has 1 aliphatic rings. The van der Waals surface area contributed by atoms with Crippen LogP contribution in [0, 0.1) is 10.1 Å². The van der Waals surface area contributed by atoms with Crippen molar-refractivity contribution in [2.24, 2.45) is 0 Å². The fraction of sp³-hybridized carbons (Fsp3) is 0.200. The second kappa shape index (κ2) is 3.70. The highest BCUT2D eigenvalue weighted by Crippen LogP contribution is 2.29. The van der Waals surface area contributed by atoms with E-state index in [0.717, 1.165) is 5.06 Å². The first kappa shape index (κ1) is 9.67. The van der Waals surface area contributed by atoms with Crippen LogP contribution in [-0.2, 0) is 0 Å². The molecule has 1 N–H and O–H groups in total. The zero-order valence-electron chi connectivity index (χ0n) is 7.96. The third-order valence-electron chi connectivity index (χ3n) is 2.36. The van der Waals surface area contributed by atoms with Crippen LogP contribution in [0.1, 0.15) is 12.0 Å². The van der Waals surface area contributed by atoms with Gasteiger partial charge in [0.1, 0.15) is 5.70 Å². The van der Waals surface area contributed by atoms with Crippen LogP contribution < -0.4 is 0 Å². The molecule has 0 fully saturated rings. The Labute approximate surface area is 86.4 Å². The molecule has 1 aromatic carbocycles. The van der Waals surface area contributed by atoms with Gasteiger partial charge in [-0.05, 0) is 0 Å². The minimum absolute atomic E-state index is 0.0729. The molecule has 78 valence electrons. The highest BCUT2D eigenvalue weighted by molar-refractivity contribution is 5.66. The van der Waals surface area contributed by atoms with Crippen molar-refractivity contribution in [2.45, 2.75) is 6.42 Å². The normalized spacial score (nSPS) is 15.9. The lowest BCUT2D eigenvalue weighted by molar-refractivity contribution is -0.425. The standard InChI is InChI=1S/C10H10N2O3/c13-11-7-6-9(12(14)15)10(11)8-4-2-1-3-5-8/h1-5,13H,6-7H2. The molecular formula is C10H10N2O3. The van der Waals surface area contributed by atoms with Crippen molar-refractivity contribution < 1.29 is 10.1 Å². The van der Waals surface area contributed by atoms with Gasteiger partial charge in [-0.15, -0.1) is 0 Å². The molecular weight excluding hydrogens is 196 g/mol. The van der Waals surface area contributed by atoms with Gasteiger partial charge in [0.2, 0.25) is 0 Å². The smallest absolute Gasteiger partial charge is 0.274 e. The quantitative estimate of drug-likeness (QED) is 0.591. The van der Waals surface area contributed by atoms with Gasteiger partial charge in [-0.2, -0.15) is 0 Å². The SMILES string of the molecule is O=[N+]([O-])C1=C(c2ccccc2)N(O)CC1. The lowest BCUT2D eigenvalue weighted by atomic mass is 10.1. The molecule has 0 saturated heterocycles. The molecule has 1 heterocycles. The molecule has 0 saturated carbocycles. The van der Waals surface area contributed by atoms with E-state index in [9.17, 15) is 15.3 Å². The molecule has 1 aromatic rings. The van der Waals surface area contributed by atoms with Crippen LogP contribution >= 0.6 is 0 Å². The Morgan fingerprint density at radius 3 is 2.60 bits per heavy atom. The first-order valence-electron chi connectivity index (χ1n) is 4.59. The lowest BCUT2D eigenvalue weighted by Gasteiger charge is -2.11. The van der Waals surface area contributed by atoms with Gasteiger partial charge in [0.05, 0.1) is 17.9 Å². The van der Waals surface area contributed by atoms with Gasteiger partial charge in [-0.3, -0.25) is 15.3 Å². The van der Waals surface area contributed by atoms with E-state index >= 15 is 0 Å². The number of nitrogens with zero attached hydrogens (tertiary/aromatic N) is 2. The highest BCUT2D eigenvalue weighted by Gasteiger charge is 2.30. The van der Waals surface area contributed by atoms with Crippen molar-refractivity contribution in [3.05, 3.63) is 51.7 Å². The molecule has 0 unspecified atom stereocenters. The van der Waals surface area contributed by atoms with E-state index in [4.69, 9.17) is 0 Å². The van der Waals surface area contributed by atoms with E-state index in [-0.39, 0.29) is 18.7 Å². The molecule has 0 spiro atoms. The second-order valence-corrected chi connectivity index (χ2v) is 3.29. The minimum Gasteiger partial charge on any atom is -0.288 e. The topological polar surface area (TPSA) is 66.6 Å². The summed E-state index contributed by atoms with van der Waals surface area (Å²) in [6.45, 7) is 0.278. The summed E-state index contributed by atoms with van der Waals surface area (Å²) in [5.41, 5.74) is 1.05. The number of hydroxylamine groups is 2. The molecule has 0 amide bonds. The average Bonchev–Trinajstić information content (AvgIpc) is 2.61. The summed E-state index contributed by atoms with van der Waals surface area (Å²) in [5.74, 6) is 0. The number of rotatable bonds is 2. The molecule has 5 nitrogen and oxygen atoms in total. The van der Waals surface area contributed by atoms with Crippen molar-refractivity contribution in [2.75, 3.05) is 6.54 Å². The maximum absolute atomic E-state index is 10.7. The predicted molar refractivity (Wildman–Crippen MR) is 53.5 cm³/mol. The van der Waals surface area contributed by atoms with Gasteiger partial charge in [0.25, 0.3) is 5.70 Å². The van der Waals surface area contributed by atoms with E-state index in [0.29, 0.717) is 11.3 Å². The number of nitro groups is 1. The molecule has 0 aromatic heterocycles. The monoisotopic (exact) mass is 206 g/mol. The lowest BCUT2D eigenvalue weighted by Crippen LogP contribution is -2.13. The van der Waals surface area contributed by atoms with Gasteiger partial charge in [0, 0.05) is 5.56 Å². The van der Waals surface area contributed by atoms with E-state index in [2.05, 4.69) is 0 Å². The summed E-state index contributed by atoms with van der Waals surface area (Å²) in [5, 5.41) is 21.2. The van der Waals surface area contributed by atoms with Crippen LogP contribution in [0.15, 0.2) is 36.0 Å². The molecule has 1 aliphatic heterocycles. The van der Waals surface area contributed by atoms with Crippen molar-refractivity contribution in [3.8, 4) is 0 Å². The van der Waals surface area contributed by atoms with Crippen molar-refractivity contribution in [1.82, 2.24) is 5.06 Å². The van der Waals surface area contributed by atoms with Gasteiger partial charge in [-0.25, -0.2) is 5.06 Å². The second-order valence-electron chi connectivity index (χ2n) is 3.29. The summed E-state index contributed by atoms with van der Waals surface area (Å²) in [6, 6.07) is 8.88. The van der Waals surface area contributed by atoms with Gasteiger partial charge in [-0.1, -0.05) is 30.3 Å². The fourth-order valence-corrected chi connectivity index (χ4v) is 1.68. The Morgan fingerprint density at radius 1 is 1.33 bits per heavy atom. The predicted octanol–water partition coefficient (Wildman–Crippen LogP) is 1.73. The molecule has 15 heavy (non-hydrogen) atoms. The Kier molecular flexibility index (Phi) is 2.39.